The highest BCUT2D eigenvalue weighted by Crippen LogP contribution is 2.17. The number of aromatic nitrogens is 3. The van der Waals surface area contributed by atoms with Gasteiger partial charge in [-0.3, -0.25) is 4.79 Å². The van der Waals surface area contributed by atoms with Crippen LogP contribution in [0.3, 0.4) is 0 Å². The number of carbonyl (C=O) groups excluding carboxylic acids is 1. The first-order valence-electron chi connectivity index (χ1n) is 8.49. The molecule has 0 aliphatic heterocycles. The van der Waals surface area contributed by atoms with E-state index in [2.05, 4.69) is 15.4 Å². The van der Waals surface area contributed by atoms with Gasteiger partial charge in [0.05, 0.1) is 23.4 Å². The lowest BCUT2D eigenvalue weighted by molar-refractivity contribution is -0.127. The van der Waals surface area contributed by atoms with Crippen LogP contribution in [0.4, 0.5) is 0 Å². The standard InChI is InChI=1S/C20H19N5O2/c1-14(17-5-7-18(8-6-17)25-13-22-12-23-25)24-20(26)15(2)27-19-9-3-16(11-21)4-10-19/h3-10,12-15H,1-2H3,(H,24,26)/t14-,15-/m1/s1. The molecule has 0 spiro atoms. The van der Waals surface area contributed by atoms with Gasteiger partial charge in [-0.05, 0) is 55.8 Å². The van der Waals surface area contributed by atoms with E-state index in [0.29, 0.717) is 11.3 Å². The van der Waals surface area contributed by atoms with Gasteiger partial charge in [0, 0.05) is 0 Å². The van der Waals surface area contributed by atoms with E-state index in [9.17, 15) is 4.79 Å². The van der Waals surface area contributed by atoms with Gasteiger partial charge in [0.25, 0.3) is 5.91 Å². The SMILES string of the molecule is C[C@@H](Oc1ccc(C#N)cc1)C(=O)N[C@H](C)c1ccc(-n2cncn2)cc1. The van der Waals surface area contributed by atoms with Crippen molar-refractivity contribution in [1.82, 2.24) is 20.1 Å². The fourth-order valence-electron chi connectivity index (χ4n) is 2.54. The zero-order valence-corrected chi connectivity index (χ0v) is 15.0. The quantitative estimate of drug-likeness (QED) is 0.729. The molecule has 3 aromatic rings. The minimum atomic E-state index is -0.658. The number of hydrogen-bond acceptors (Lipinski definition) is 5. The average molecular weight is 361 g/mol. The molecule has 7 nitrogen and oxygen atoms in total. The monoisotopic (exact) mass is 361 g/mol. The van der Waals surface area contributed by atoms with Crippen LogP contribution in [0.25, 0.3) is 5.69 Å². The molecule has 3 rings (SSSR count). The Morgan fingerprint density at radius 2 is 1.85 bits per heavy atom. The molecule has 0 unspecified atom stereocenters. The summed E-state index contributed by atoms with van der Waals surface area (Å²) in [5.74, 6) is 0.328. The molecule has 27 heavy (non-hydrogen) atoms. The van der Waals surface area contributed by atoms with Crippen LogP contribution in [0.15, 0.2) is 61.2 Å². The molecular weight excluding hydrogens is 342 g/mol. The molecule has 1 aromatic heterocycles. The maximum Gasteiger partial charge on any atom is 0.261 e. The third-order valence-electron chi connectivity index (χ3n) is 4.10. The predicted octanol–water partition coefficient (Wildman–Crippen LogP) is 2.78. The van der Waals surface area contributed by atoms with Crippen molar-refractivity contribution in [2.45, 2.75) is 26.0 Å². The van der Waals surface area contributed by atoms with Crippen molar-refractivity contribution in [2.24, 2.45) is 0 Å². The molecule has 0 aliphatic rings. The molecule has 0 radical (unpaired) electrons. The molecule has 7 heteroatoms. The molecule has 0 bridgehead atoms. The van der Waals surface area contributed by atoms with Gasteiger partial charge in [-0.1, -0.05) is 12.1 Å². The van der Waals surface area contributed by atoms with E-state index < -0.39 is 6.10 Å². The van der Waals surface area contributed by atoms with Crippen LogP contribution in [0.2, 0.25) is 0 Å². The topological polar surface area (TPSA) is 92.8 Å². The molecule has 0 saturated carbocycles. The zero-order chi connectivity index (χ0) is 19.2. The van der Waals surface area contributed by atoms with Gasteiger partial charge in [-0.25, -0.2) is 9.67 Å². The smallest absolute Gasteiger partial charge is 0.261 e. The lowest BCUT2D eigenvalue weighted by Gasteiger charge is -2.19. The number of rotatable bonds is 6. The van der Waals surface area contributed by atoms with Crippen molar-refractivity contribution >= 4 is 5.91 Å². The summed E-state index contributed by atoms with van der Waals surface area (Å²) in [6.45, 7) is 3.60. The second-order valence-corrected chi connectivity index (χ2v) is 6.06. The van der Waals surface area contributed by atoms with Gasteiger partial charge in [-0.15, -0.1) is 0 Å². The highest BCUT2D eigenvalue weighted by atomic mass is 16.5. The summed E-state index contributed by atoms with van der Waals surface area (Å²) in [6.07, 6.45) is 2.45. The van der Waals surface area contributed by atoms with Crippen LogP contribution in [0.5, 0.6) is 5.75 Å². The molecule has 1 amide bonds. The van der Waals surface area contributed by atoms with Crippen molar-refractivity contribution in [3.05, 3.63) is 72.3 Å². The first-order valence-corrected chi connectivity index (χ1v) is 8.49. The van der Waals surface area contributed by atoms with Crippen molar-refractivity contribution in [3.8, 4) is 17.5 Å². The number of carbonyl (C=O) groups is 1. The molecule has 136 valence electrons. The molecule has 0 fully saturated rings. The summed E-state index contributed by atoms with van der Waals surface area (Å²) >= 11 is 0. The van der Waals surface area contributed by atoms with Gasteiger partial charge in [0.15, 0.2) is 6.10 Å². The predicted molar refractivity (Wildman–Crippen MR) is 99.2 cm³/mol. The Hall–Kier alpha value is -3.66. The Morgan fingerprint density at radius 3 is 2.44 bits per heavy atom. The molecule has 0 saturated heterocycles. The van der Waals surface area contributed by atoms with Gasteiger partial charge in [0.1, 0.15) is 18.4 Å². The minimum Gasteiger partial charge on any atom is -0.481 e. The second kappa shape index (κ2) is 8.15. The second-order valence-electron chi connectivity index (χ2n) is 6.06. The van der Waals surface area contributed by atoms with Crippen LogP contribution in [-0.4, -0.2) is 26.8 Å². The number of nitriles is 1. The average Bonchev–Trinajstić information content (AvgIpc) is 3.23. The number of ether oxygens (including phenoxy) is 1. The number of benzene rings is 2. The summed E-state index contributed by atoms with van der Waals surface area (Å²) in [5.41, 5.74) is 2.41. The van der Waals surface area contributed by atoms with E-state index in [1.165, 1.54) is 6.33 Å². The normalized spacial score (nSPS) is 12.6. The van der Waals surface area contributed by atoms with Crippen LogP contribution in [-0.2, 0) is 4.79 Å². The first kappa shape index (κ1) is 18.1. The maximum absolute atomic E-state index is 12.4. The maximum atomic E-state index is 12.4. The van der Waals surface area contributed by atoms with Crippen molar-refractivity contribution in [2.75, 3.05) is 0 Å². The third kappa shape index (κ3) is 4.50. The summed E-state index contributed by atoms with van der Waals surface area (Å²) < 4.78 is 7.31. The number of nitrogens with zero attached hydrogens (tertiary/aromatic N) is 4. The Bertz CT molecular complexity index is 928. The van der Waals surface area contributed by atoms with Crippen molar-refractivity contribution in [3.63, 3.8) is 0 Å². The van der Waals surface area contributed by atoms with Gasteiger partial charge < -0.3 is 10.1 Å². The van der Waals surface area contributed by atoms with E-state index in [1.807, 2.05) is 37.3 Å². The summed E-state index contributed by atoms with van der Waals surface area (Å²) in [7, 11) is 0. The van der Waals surface area contributed by atoms with Crippen LogP contribution < -0.4 is 10.1 Å². The molecule has 0 aliphatic carbocycles. The fourth-order valence-corrected chi connectivity index (χ4v) is 2.54. The van der Waals surface area contributed by atoms with E-state index in [4.69, 9.17) is 10.00 Å². The van der Waals surface area contributed by atoms with E-state index in [1.54, 1.807) is 42.2 Å². The fraction of sp³-hybridized carbons (Fsp3) is 0.200. The summed E-state index contributed by atoms with van der Waals surface area (Å²) in [4.78, 5) is 16.3. The van der Waals surface area contributed by atoms with E-state index in [0.717, 1.165) is 11.3 Å². The van der Waals surface area contributed by atoms with E-state index >= 15 is 0 Å². The summed E-state index contributed by atoms with van der Waals surface area (Å²) in [6, 6.07) is 16.2. The lowest BCUT2D eigenvalue weighted by Crippen LogP contribution is -2.37. The molecule has 2 aromatic carbocycles. The Kier molecular flexibility index (Phi) is 5.47. The number of amides is 1. The Morgan fingerprint density at radius 1 is 1.15 bits per heavy atom. The van der Waals surface area contributed by atoms with Crippen LogP contribution in [0.1, 0.15) is 31.0 Å². The summed E-state index contributed by atoms with van der Waals surface area (Å²) in [5, 5.41) is 15.8. The Balaban J connectivity index is 1.58. The van der Waals surface area contributed by atoms with Crippen molar-refractivity contribution in [1.29, 1.82) is 5.26 Å². The van der Waals surface area contributed by atoms with Gasteiger partial charge in [-0.2, -0.15) is 10.4 Å². The first-order chi connectivity index (χ1) is 13.1. The molecular formula is C20H19N5O2. The number of hydrogen-bond donors (Lipinski definition) is 1. The number of nitrogens with one attached hydrogen (secondary N) is 1. The van der Waals surface area contributed by atoms with Crippen LogP contribution >= 0.6 is 0 Å². The third-order valence-corrected chi connectivity index (χ3v) is 4.10. The molecule has 1 heterocycles. The zero-order valence-electron chi connectivity index (χ0n) is 15.0. The molecule has 1 N–H and O–H groups in total. The lowest BCUT2D eigenvalue weighted by atomic mass is 10.1. The highest BCUT2D eigenvalue weighted by Gasteiger charge is 2.18. The highest BCUT2D eigenvalue weighted by molar-refractivity contribution is 5.81. The van der Waals surface area contributed by atoms with Crippen LogP contribution in [0, 0.1) is 11.3 Å². The molecule has 2 atom stereocenters. The van der Waals surface area contributed by atoms with Gasteiger partial charge in [0.2, 0.25) is 0 Å². The van der Waals surface area contributed by atoms with Gasteiger partial charge >= 0.3 is 0 Å². The van der Waals surface area contributed by atoms with E-state index in [-0.39, 0.29) is 11.9 Å². The minimum absolute atomic E-state index is 0.172. The Labute approximate surface area is 157 Å². The van der Waals surface area contributed by atoms with Crippen molar-refractivity contribution < 1.29 is 9.53 Å². The largest absolute Gasteiger partial charge is 0.481 e.